The van der Waals surface area contributed by atoms with Crippen molar-refractivity contribution in [1.82, 2.24) is 10.2 Å². The summed E-state index contributed by atoms with van der Waals surface area (Å²) in [5.74, 6) is 0.0210. The van der Waals surface area contributed by atoms with E-state index in [1.54, 1.807) is 0 Å². The van der Waals surface area contributed by atoms with E-state index in [0.717, 1.165) is 37.2 Å². The number of aryl methyl sites for hydroxylation is 1. The molecule has 3 rings (SSSR count). The van der Waals surface area contributed by atoms with Crippen molar-refractivity contribution in [3.05, 3.63) is 65.2 Å². The monoisotopic (exact) mass is 351 g/mol. The molecule has 2 N–H and O–H groups in total. The molecule has 5 nitrogen and oxygen atoms in total. The van der Waals surface area contributed by atoms with E-state index < -0.39 is 0 Å². The third-order valence-corrected chi connectivity index (χ3v) is 4.59. The number of amides is 2. The van der Waals surface area contributed by atoms with E-state index in [2.05, 4.69) is 10.6 Å². The number of benzene rings is 2. The molecule has 0 bridgehead atoms. The second-order valence-electron chi connectivity index (χ2n) is 6.69. The third kappa shape index (κ3) is 4.85. The van der Waals surface area contributed by atoms with Gasteiger partial charge in [0.2, 0.25) is 5.91 Å². The van der Waals surface area contributed by atoms with Crippen LogP contribution in [-0.2, 0) is 11.3 Å². The van der Waals surface area contributed by atoms with E-state index >= 15 is 0 Å². The molecule has 0 saturated carbocycles. The van der Waals surface area contributed by atoms with Gasteiger partial charge in [-0.1, -0.05) is 29.8 Å². The Kier molecular flexibility index (Phi) is 5.89. The van der Waals surface area contributed by atoms with E-state index in [-0.39, 0.29) is 18.4 Å². The molecule has 0 radical (unpaired) electrons. The van der Waals surface area contributed by atoms with Gasteiger partial charge < -0.3 is 15.5 Å². The summed E-state index contributed by atoms with van der Waals surface area (Å²) in [5.41, 5.74) is 3.80. The first-order valence-electron chi connectivity index (χ1n) is 9.07. The lowest BCUT2D eigenvalue weighted by atomic mass is 10.1. The van der Waals surface area contributed by atoms with Gasteiger partial charge in [-0.2, -0.15) is 0 Å². The molecule has 2 amide bonds. The van der Waals surface area contributed by atoms with Gasteiger partial charge in [-0.3, -0.25) is 9.59 Å². The van der Waals surface area contributed by atoms with Crippen molar-refractivity contribution in [3.63, 3.8) is 0 Å². The number of rotatable bonds is 6. The highest BCUT2D eigenvalue weighted by molar-refractivity contribution is 5.94. The van der Waals surface area contributed by atoms with Gasteiger partial charge in [-0.05, 0) is 49.6 Å². The van der Waals surface area contributed by atoms with E-state index in [0.29, 0.717) is 12.1 Å². The van der Waals surface area contributed by atoms with E-state index in [4.69, 9.17) is 0 Å². The summed E-state index contributed by atoms with van der Waals surface area (Å²) in [7, 11) is 0. The zero-order chi connectivity index (χ0) is 18.4. The molecule has 1 aliphatic heterocycles. The number of nitrogens with zero attached hydrogens (tertiary/aromatic N) is 1. The van der Waals surface area contributed by atoms with E-state index in [1.165, 1.54) is 5.56 Å². The quantitative estimate of drug-likeness (QED) is 0.841. The highest BCUT2D eigenvalue weighted by Gasteiger charge is 2.19. The van der Waals surface area contributed by atoms with Crippen molar-refractivity contribution in [1.29, 1.82) is 0 Å². The molecule has 0 atom stereocenters. The van der Waals surface area contributed by atoms with Gasteiger partial charge in [-0.15, -0.1) is 0 Å². The third-order valence-electron chi connectivity index (χ3n) is 4.59. The van der Waals surface area contributed by atoms with Crippen LogP contribution in [0.4, 0.5) is 5.69 Å². The Morgan fingerprint density at radius 3 is 2.27 bits per heavy atom. The Morgan fingerprint density at radius 2 is 1.62 bits per heavy atom. The van der Waals surface area contributed by atoms with Crippen LogP contribution in [0.3, 0.4) is 0 Å². The van der Waals surface area contributed by atoms with Crippen LogP contribution in [0.15, 0.2) is 48.5 Å². The normalized spacial score (nSPS) is 13.5. The van der Waals surface area contributed by atoms with Crippen molar-refractivity contribution in [2.75, 3.05) is 25.0 Å². The van der Waals surface area contributed by atoms with Crippen LogP contribution in [0.1, 0.15) is 34.3 Å². The molecule has 1 aliphatic rings. The largest absolute Gasteiger partial charge is 0.376 e. The molecular formula is C21H25N3O2. The maximum absolute atomic E-state index is 12.3. The fourth-order valence-electron chi connectivity index (χ4n) is 2.98. The predicted molar refractivity (Wildman–Crippen MR) is 103 cm³/mol. The first-order chi connectivity index (χ1) is 12.6. The molecular weight excluding hydrogens is 326 g/mol. The molecule has 1 heterocycles. The molecule has 5 heteroatoms. The lowest BCUT2D eigenvalue weighted by Gasteiger charge is -2.15. The molecule has 136 valence electrons. The predicted octanol–water partition coefficient (Wildman–Crippen LogP) is 2.96. The van der Waals surface area contributed by atoms with Gasteiger partial charge in [0.05, 0.1) is 6.54 Å². The van der Waals surface area contributed by atoms with Crippen molar-refractivity contribution < 1.29 is 9.59 Å². The van der Waals surface area contributed by atoms with Crippen LogP contribution < -0.4 is 10.6 Å². The lowest BCUT2D eigenvalue weighted by molar-refractivity contribution is -0.119. The van der Waals surface area contributed by atoms with Gasteiger partial charge in [0.1, 0.15) is 0 Å². The fourth-order valence-corrected chi connectivity index (χ4v) is 2.98. The van der Waals surface area contributed by atoms with Crippen LogP contribution >= 0.6 is 0 Å². The van der Waals surface area contributed by atoms with Gasteiger partial charge in [0.15, 0.2) is 0 Å². The second-order valence-corrected chi connectivity index (χ2v) is 6.69. The smallest absolute Gasteiger partial charge is 0.253 e. The molecule has 1 fully saturated rings. The Balaban J connectivity index is 1.44. The van der Waals surface area contributed by atoms with E-state index in [1.807, 2.05) is 60.4 Å². The Morgan fingerprint density at radius 1 is 0.962 bits per heavy atom. The standard InChI is InChI=1S/C21H25N3O2/c1-16-4-6-17(7-5-16)14-23-20(25)15-22-19-10-8-18(9-11-19)21(26)24-12-2-3-13-24/h4-11,22H,2-3,12-15H2,1H3,(H,23,25). The zero-order valence-electron chi connectivity index (χ0n) is 15.1. The summed E-state index contributed by atoms with van der Waals surface area (Å²) in [6.45, 7) is 4.45. The summed E-state index contributed by atoms with van der Waals surface area (Å²) in [4.78, 5) is 26.2. The SMILES string of the molecule is Cc1ccc(CNC(=O)CNc2ccc(C(=O)N3CCCC3)cc2)cc1. The van der Waals surface area contributed by atoms with Crippen LogP contribution in [0.25, 0.3) is 0 Å². The number of nitrogens with one attached hydrogen (secondary N) is 2. The average molecular weight is 351 g/mol. The summed E-state index contributed by atoms with van der Waals surface area (Å²) >= 11 is 0. The van der Waals surface area contributed by atoms with Crippen LogP contribution in [-0.4, -0.2) is 36.3 Å². The second kappa shape index (κ2) is 8.52. The zero-order valence-corrected chi connectivity index (χ0v) is 15.1. The molecule has 26 heavy (non-hydrogen) atoms. The summed E-state index contributed by atoms with van der Waals surface area (Å²) in [6.07, 6.45) is 2.17. The van der Waals surface area contributed by atoms with Crippen LogP contribution in [0.5, 0.6) is 0 Å². The number of anilines is 1. The Bertz CT molecular complexity index is 748. The minimum Gasteiger partial charge on any atom is -0.376 e. The molecule has 0 aromatic heterocycles. The maximum atomic E-state index is 12.3. The van der Waals surface area contributed by atoms with Crippen molar-refractivity contribution in [3.8, 4) is 0 Å². The molecule has 2 aromatic rings. The summed E-state index contributed by atoms with van der Waals surface area (Å²) in [5, 5.41) is 5.98. The molecule has 2 aromatic carbocycles. The molecule has 0 spiro atoms. The minimum atomic E-state index is -0.0669. The molecule has 1 saturated heterocycles. The van der Waals surface area contributed by atoms with Crippen molar-refractivity contribution in [2.24, 2.45) is 0 Å². The summed E-state index contributed by atoms with van der Waals surface area (Å²) < 4.78 is 0. The first-order valence-corrected chi connectivity index (χ1v) is 9.07. The van der Waals surface area contributed by atoms with Gasteiger partial charge >= 0.3 is 0 Å². The maximum Gasteiger partial charge on any atom is 0.253 e. The molecule has 0 aliphatic carbocycles. The van der Waals surface area contributed by atoms with Crippen molar-refractivity contribution in [2.45, 2.75) is 26.3 Å². The number of hydrogen-bond donors (Lipinski definition) is 2. The number of likely N-dealkylation sites (tertiary alicyclic amines) is 1. The molecule has 0 unspecified atom stereocenters. The van der Waals surface area contributed by atoms with Crippen molar-refractivity contribution >= 4 is 17.5 Å². The van der Waals surface area contributed by atoms with Gasteiger partial charge in [0.25, 0.3) is 5.91 Å². The van der Waals surface area contributed by atoms with Crippen LogP contribution in [0, 0.1) is 6.92 Å². The average Bonchev–Trinajstić information content (AvgIpc) is 3.20. The number of hydrogen-bond acceptors (Lipinski definition) is 3. The fraction of sp³-hybridized carbons (Fsp3) is 0.333. The minimum absolute atomic E-state index is 0.0669. The lowest BCUT2D eigenvalue weighted by Crippen LogP contribution is -2.29. The van der Waals surface area contributed by atoms with Crippen LogP contribution in [0.2, 0.25) is 0 Å². The number of carbonyl (C=O) groups excluding carboxylic acids is 2. The topological polar surface area (TPSA) is 61.4 Å². The van der Waals surface area contributed by atoms with E-state index in [9.17, 15) is 9.59 Å². The summed E-state index contributed by atoms with van der Waals surface area (Å²) in [6, 6.07) is 15.4. The highest BCUT2D eigenvalue weighted by Crippen LogP contribution is 2.15. The van der Waals surface area contributed by atoms with Gasteiger partial charge in [0, 0.05) is 30.9 Å². The first kappa shape index (κ1) is 18.0. The number of carbonyl (C=O) groups is 2. The highest BCUT2D eigenvalue weighted by atomic mass is 16.2. The Labute approximate surface area is 154 Å². The van der Waals surface area contributed by atoms with Gasteiger partial charge in [-0.25, -0.2) is 0 Å². The Hall–Kier alpha value is -2.82.